The fraction of sp³-hybridized carbons (Fsp3) is 0.417. The number of halogens is 2. The molecule has 0 fully saturated rings. The molecule has 1 heterocycles. The van der Waals surface area contributed by atoms with Crippen LogP contribution in [0.15, 0.2) is 12.1 Å². The average Bonchev–Trinajstić information content (AvgIpc) is 2.67. The number of aromatic amines is 1. The Bertz CT molecular complexity index is 604. The van der Waals surface area contributed by atoms with Crippen molar-refractivity contribution in [2.75, 3.05) is 12.0 Å². The normalized spacial score (nSPS) is 11.3. The summed E-state index contributed by atoms with van der Waals surface area (Å²) in [5.74, 6) is -0.605. The van der Waals surface area contributed by atoms with E-state index in [1.807, 2.05) is 6.26 Å². The van der Waals surface area contributed by atoms with Crippen LogP contribution in [-0.2, 0) is 6.54 Å². The van der Waals surface area contributed by atoms with Crippen molar-refractivity contribution in [1.29, 1.82) is 0 Å². The van der Waals surface area contributed by atoms with Crippen molar-refractivity contribution in [2.45, 2.75) is 19.4 Å². The highest BCUT2D eigenvalue weighted by Gasteiger charge is 2.13. The van der Waals surface area contributed by atoms with Crippen LogP contribution in [0.4, 0.5) is 8.78 Å². The maximum Gasteiger partial charge on any atom is 0.184 e. The minimum atomic E-state index is -0.839. The first-order valence-corrected chi connectivity index (χ1v) is 7.51. The quantitative estimate of drug-likeness (QED) is 0.660. The van der Waals surface area contributed by atoms with Gasteiger partial charge in [-0.25, -0.2) is 8.78 Å². The summed E-state index contributed by atoms with van der Waals surface area (Å²) in [5, 5.41) is 0. The summed E-state index contributed by atoms with van der Waals surface area (Å²) in [5.41, 5.74) is 0.785. The lowest BCUT2D eigenvalue weighted by Gasteiger charge is -2.05. The first-order valence-electron chi connectivity index (χ1n) is 5.70. The lowest BCUT2D eigenvalue weighted by Crippen LogP contribution is -2.01. The molecular weight excluding hydrogens is 274 g/mol. The Labute approximate surface area is 113 Å². The third-order valence-electron chi connectivity index (χ3n) is 2.81. The summed E-state index contributed by atoms with van der Waals surface area (Å²) >= 11 is 6.92. The average molecular weight is 288 g/mol. The molecule has 1 aromatic heterocycles. The summed E-state index contributed by atoms with van der Waals surface area (Å²) in [4.78, 5) is 2.90. The van der Waals surface area contributed by atoms with Crippen LogP contribution >= 0.6 is 24.0 Å². The van der Waals surface area contributed by atoms with E-state index in [4.69, 9.17) is 12.2 Å². The monoisotopic (exact) mass is 288 g/mol. The first-order chi connectivity index (χ1) is 8.65. The van der Waals surface area contributed by atoms with E-state index >= 15 is 0 Å². The number of thioether (sulfide) groups is 1. The zero-order valence-corrected chi connectivity index (χ0v) is 11.6. The number of rotatable bonds is 5. The summed E-state index contributed by atoms with van der Waals surface area (Å²) in [6, 6.07) is 2.63. The Hall–Kier alpha value is -0.880. The van der Waals surface area contributed by atoms with Crippen molar-refractivity contribution < 1.29 is 8.78 Å². The minimum absolute atomic E-state index is 0.240. The Morgan fingerprint density at radius 2 is 2.11 bits per heavy atom. The van der Waals surface area contributed by atoms with Crippen LogP contribution < -0.4 is 0 Å². The van der Waals surface area contributed by atoms with Crippen molar-refractivity contribution in [1.82, 2.24) is 9.55 Å². The van der Waals surface area contributed by atoms with Gasteiger partial charge in [0.2, 0.25) is 0 Å². The lowest BCUT2D eigenvalue weighted by atomic mass is 10.2. The maximum absolute atomic E-state index is 13.8. The van der Waals surface area contributed by atoms with E-state index < -0.39 is 11.6 Å². The van der Waals surface area contributed by atoms with Gasteiger partial charge in [-0.1, -0.05) is 0 Å². The van der Waals surface area contributed by atoms with E-state index in [9.17, 15) is 8.78 Å². The van der Waals surface area contributed by atoms with E-state index in [0.717, 1.165) is 24.7 Å². The Morgan fingerprint density at radius 1 is 1.33 bits per heavy atom. The van der Waals surface area contributed by atoms with Gasteiger partial charge in [-0.2, -0.15) is 11.8 Å². The number of aromatic nitrogens is 2. The topological polar surface area (TPSA) is 20.7 Å². The van der Waals surface area contributed by atoms with Crippen LogP contribution in [0.1, 0.15) is 12.8 Å². The number of hydrogen-bond acceptors (Lipinski definition) is 2. The van der Waals surface area contributed by atoms with Gasteiger partial charge in [-0.15, -0.1) is 0 Å². The molecule has 0 atom stereocenters. The highest BCUT2D eigenvalue weighted by atomic mass is 32.2. The first kappa shape index (κ1) is 13.5. The fourth-order valence-electron chi connectivity index (χ4n) is 1.92. The number of unbranched alkanes of at least 4 members (excludes halogenated alkanes) is 1. The van der Waals surface area contributed by atoms with Crippen molar-refractivity contribution in [3.8, 4) is 0 Å². The molecule has 0 bridgehead atoms. The molecule has 18 heavy (non-hydrogen) atoms. The minimum Gasteiger partial charge on any atom is -0.330 e. The molecule has 0 saturated carbocycles. The summed E-state index contributed by atoms with van der Waals surface area (Å²) in [6.45, 7) is 0.611. The van der Waals surface area contributed by atoms with Gasteiger partial charge in [0.15, 0.2) is 16.4 Å². The van der Waals surface area contributed by atoms with Gasteiger partial charge in [0, 0.05) is 6.54 Å². The number of aryl methyl sites for hydroxylation is 1. The molecule has 0 saturated heterocycles. The Morgan fingerprint density at radius 3 is 2.83 bits per heavy atom. The van der Waals surface area contributed by atoms with Crippen molar-refractivity contribution in [3.05, 3.63) is 28.5 Å². The third-order valence-corrected chi connectivity index (χ3v) is 3.83. The van der Waals surface area contributed by atoms with Crippen LogP contribution in [0.25, 0.3) is 11.0 Å². The van der Waals surface area contributed by atoms with Gasteiger partial charge in [0.05, 0.1) is 5.52 Å². The molecule has 0 aliphatic heterocycles. The smallest absolute Gasteiger partial charge is 0.184 e. The second-order valence-corrected chi connectivity index (χ2v) is 5.41. The highest BCUT2D eigenvalue weighted by molar-refractivity contribution is 7.98. The van der Waals surface area contributed by atoms with Gasteiger partial charge < -0.3 is 9.55 Å². The van der Waals surface area contributed by atoms with Crippen LogP contribution in [0.2, 0.25) is 0 Å². The van der Waals surface area contributed by atoms with Gasteiger partial charge in [0.1, 0.15) is 5.52 Å². The molecule has 0 unspecified atom stereocenters. The van der Waals surface area contributed by atoms with Crippen molar-refractivity contribution >= 4 is 35.0 Å². The van der Waals surface area contributed by atoms with Crippen molar-refractivity contribution in [3.63, 3.8) is 0 Å². The largest absolute Gasteiger partial charge is 0.330 e. The van der Waals surface area contributed by atoms with Gasteiger partial charge >= 0.3 is 0 Å². The number of nitrogens with one attached hydrogen (secondary N) is 1. The van der Waals surface area contributed by atoms with E-state index in [1.54, 1.807) is 16.3 Å². The summed E-state index contributed by atoms with van der Waals surface area (Å²) in [6.07, 6.45) is 3.98. The molecule has 0 aliphatic rings. The molecular formula is C12H14F2N2S2. The number of benzene rings is 1. The van der Waals surface area contributed by atoms with E-state index in [1.165, 1.54) is 6.07 Å². The zero-order valence-electron chi connectivity index (χ0n) is 10.0. The molecule has 2 rings (SSSR count). The van der Waals surface area contributed by atoms with Crippen molar-refractivity contribution in [2.24, 2.45) is 0 Å². The van der Waals surface area contributed by atoms with Gasteiger partial charge in [-0.3, -0.25) is 0 Å². The number of fused-ring (bicyclic) bond motifs is 1. The molecule has 1 aromatic carbocycles. The predicted octanol–water partition coefficient (Wildman–Crippen LogP) is 4.12. The molecule has 0 spiro atoms. The molecule has 1 N–H and O–H groups in total. The molecule has 0 aliphatic carbocycles. The molecule has 0 radical (unpaired) electrons. The maximum atomic E-state index is 13.8. The number of hydrogen-bond donors (Lipinski definition) is 1. The van der Waals surface area contributed by atoms with E-state index in [0.29, 0.717) is 16.8 Å². The summed E-state index contributed by atoms with van der Waals surface area (Å²) in [7, 11) is 0. The highest BCUT2D eigenvalue weighted by Crippen LogP contribution is 2.21. The Balaban J connectivity index is 2.34. The number of nitrogens with zero attached hydrogens (tertiary/aromatic N) is 1. The molecule has 0 amide bonds. The van der Waals surface area contributed by atoms with Crippen LogP contribution in [0.3, 0.4) is 0 Å². The Kier molecular flexibility index (Phi) is 4.40. The van der Waals surface area contributed by atoms with Gasteiger partial charge in [-0.05, 0) is 49.2 Å². The SMILES string of the molecule is CSCCCCn1c(=S)[nH]c2ccc(F)c(F)c21. The molecule has 6 heteroatoms. The zero-order chi connectivity index (χ0) is 13.1. The standard InChI is InChI=1S/C12H14F2N2S2/c1-18-7-3-2-6-16-11-9(15-12(16)17)5-4-8(13)10(11)14/h4-5H,2-3,6-7H2,1H3,(H,15,17). The van der Waals surface area contributed by atoms with E-state index in [2.05, 4.69) is 4.98 Å². The van der Waals surface area contributed by atoms with Crippen LogP contribution in [-0.4, -0.2) is 21.6 Å². The second kappa shape index (κ2) is 5.84. The molecule has 2 nitrogen and oxygen atoms in total. The molecule has 2 aromatic rings. The van der Waals surface area contributed by atoms with Crippen LogP contribution in [0.5, 0.6) is 0 Å². The predicted molar refractivity (Wildman–Crippen MR) is 74.7 cm³/mol. The summed E-state index contributed by atoms with van der Waals surface area (Å²) < 4.78 is 29.1. The second-order valence-electron chi connectivity index (χ2n) is 4.04. The molecule has 98 valence electrons. The third kappa shape index (κ3) is 2.59. The lowest BCUT2D eigenvalue weighted by molar-refractivity contribution is 0.509. The number of imidazole rings is 1. The number of H-pyrrole nitrogens is 1. The van der Waals surface area contributed by atoms with Gasteiger partial charge in [0.25, 0.3) is 0 Å². The van der Waals surface area contributed by atoms with Crippen LogP contribution in [0, 0.1) is 16.4 Å². The van der Waals surface area contributed by atoms with E-state index in [-0.39, 0.29) is 5.52 Å². The fourth-order valence-corrected chi connectivity index (χ4v) is 2.70.